The summed E-state index contributed by atoms with van der Waals surface area (Å²) in [6.07, 6.45) is 5.24. The highest BCUT2D eigenvalue weighted by Gasteiger charge is 2.47. The van der Waals surface area contributed by atoms with E-state index in [0.717, 1.165) is 32.1 Å². The molecule has 1 aliphatic rings. The Bertz CT molecular complexity index is 1370. The van der Waals surface area contributed by atoms with Crippen LogP contribution in [-0.2, 0) is 21.7 Å². The average molecular weight is 542 g/mol. The van der Waals surface area contributed by atoms with Crippen molar-refractivity contribution >= 4 is 23.6 Å². The lowest BCUT2D eigenvalue weighted by Gasteiger charge is -2.44. The minimum absolute atomic E-state index is 0.151. The number of nitrogens with zero attached hydrogens (tertiary/aromatic N) is 5. The van der Waals surface area contributed by atoms with Gasteiger partial charge in [-0.3, -0.25) is 14.9 Å². The van der Waals surface area contributed by atoms with E-state index in [2.05, 4.69) is 15.6 Å². The number of benzene rings is 1. The summed E-state index contributed by atoms with van der Waals surface area (Å²) >= 11 is 6.42. The van der Waals surface area contributed by atoms with Gasteiger partial charge in [-0.15, -0.1) is 5.10 Å². The van der Waals surface area contributed by atoms with Crippen LogP contribution in [0.2, 0.25) is 5.02 Å². The smallest absolute Gasteiger partial charge is 0.409 e. The lowest BCUT2D eigenvalue weighted by atomic mass is 9.76. The zero-order valence-corrected chi connectivity index (χ0v) is 22.4. The van der Waals surface area contributed by atoms with Gasteiger partial charge >= 0.3 is 6.09 Å². The van der Waals surface area contributed by atoms with Gasteiger partial charge in [-0.25, -0.2) is 9.48 Å². The molecule has 1 aliphatic carbocycles. The van der Waals surface area contributed by atoms with Gasteiger partial charge in [0.1, 0.15) is 23.5 Å². The summed E-state index contributed by atoms with van der Waals surface area (Å²) in [5.74, 6) is -0.758. The maximum atomic E-state index is 13.5. The highest BCUT2D eigenvalue weighted by molar-refractivity contribution is 6.30. The quantitative estimate of drug-likeness (QED) is 0.465. The molecule has 1 fully saturated rings. The molecule has 0 radical (unpaired) electrons. The van der Waals surface area contributed by atoms with Crippen molar-refractivity contribution in [2.75, 3.05) is 0 Å². The van der Waals surface area contributed by atoms with Crippen LogP contribution in [0.25, 0.3) is 11.4 Å². The van der Waals surface area contributed by atoms with Gasteiger partial charge in [0.15, 0.2) is 5.66 Å². The highest BCUT2D eigenvalue weighted by atomic mass is 35.5. The highest BCUT2D eigenvalue weighted by Crippen LogP contribution is 2.41. The number of rotatable bonds is 7. The van der Waals surface area contributed by atoms with E-state index in [1.54, 1.807) is 39.0 Å². The van der Waals surface area contributed by atoms with Gasteiger partial charge in [-0.05, 0) is 51.8 Å². The second-order valence-corrected chi connectivity index (χ2v) is 10.9. The fourth-order valence-electron chi connectivity index (χ4n) is 4.92. The summed E-state index contributed by atoms with van der Waals surface area (Å²) in [6, 6.07) is 9.95. The van der Waals surface area contributed by atoms with Crippen molar-refractivity contribution in [2.24, 2.45) is 11.7 Å². The minimum Gasteiger partial charge on any atom is -0.444 e. The van der Waals surface area contributed by atoms with Gasteiger partial charge in [0.05, 0.1) is 6.20 Å². The number of nitrogens with one attached hydrogen (secondary N) is 1. The summed E-state index contributed by atoms with van der Waals surface area (Å²) < 4.78 is 8.24. The van der Waals surface area contributed by atoms with Crippen LogP contribution in [0.15, 0.2) is 47.4 Å². The van der Waals surface area contributed by atoms with Gasteiger partial charge in [0.2, 0.25) is 5.91 Å². The molecule has 0 aliphatic heterocycles. The molecule has 1 aromatic carbocycles. The van der Waals surface area contributed by atoms with E-state index >= 15 is 0 Å². The normalized spacial score (nSPS) is 16.0. The number of hydrogen-bond donors (Lipinski definition) is 2. The zero-order valence-electron chi connectivity index (χ0n) is 21.7. The van der Waals surface area contributed by atoms with E-state index in [1.807, 2.05) is 6.07 Å². The first-order valence-corrected chi connectivity index (χ1v) is 12.9. The molecule has 11 nitrogen and oxygen atoms in total. The number of primary amides is 1. The monoisotopic (exact) mass is 541 g/mol. The van der Waals surface area contributed by atoms with Crippen LogP contribution in [0.1, 0.15) is 58.4 Å². The van der Waals surface area contributed by atoms with Crippen LogP contribution in [0.5, 0.6) is 0 Å². The van der Waals surface area contributed by atoms with Crippen molar-refractivity contribution in [3.05, 3.63) is 63.5 Å². The summed E-state index contributed by atoms with van der Waals surface area (Å²) in [6.45, 7) is 5.17. The summed E-state index contributed by atoms with van der Waals surface area (Å²) in [4.78, 5) is 38.2. The molecule has 2 aromatic heterocycles. The van der Waals surface area contributed by atoms with E-state index in [4.69, 9.17) is 27.2 Å². The van der Waals surface area contributed by atoms with Crippen molar-refractivity contribution < 1.29 is 14.3 Å². The number of ether oxygens (including phenoxy) is 1. The van der Waals surface area contributed by atoms with Crippen molar-refractivity contribution in [3.8, 4) is 11.4 Å². The summed E-state index contributed by atoms with van der Waals surface area (Å²) in [5.41, 5.74) is 3.94. The first kappa shape index (κ1) is 27.3. The van der Waals surface area contributed by atoms with Crippen LogP contribution in [-0.4, -0.2) is 42.4 Å². The topological polar surface area (TPSA) is 147 Å². The number of halogens is 1. The Labute approximate surface area is 225 Å². The Kier molecular flexibility index (Phi) is 7.86. The third kappa shape index (κ3) is 6.04. The second kappa shape index (κ2) is 10.9. The third-order valence-electron chi connectivity index (χ3n) is 6.41. The second-order valence-electron chi connectivity index (χ2n) is 10.5. The van der Waals surface area contributed by atoms with Gasteiger partial charge in [-0.1, -0.05) is 48.2 Å². The summed E-state index contributed by atoms with van der Waals surface area (Å²) in [7, 11) is 0. The van der Waals surface area contributed by atoms with Crippen molar-refractivity contribution in [3.63, 3.8) is 0 Å². The molecule has 2 heterocycles. The Morgan fingerprint density at radius 3 is 2.53 bits per heavy atom. The number of alkyl carbamates (subject to hydrolysis) is 1. The molecule has 38 heavy (non-hydrogen) atoms. The molecule has 1 unspecified atom stereocenters. The van der Waals surface area contributed by atoms with Crippen LogP contribution in [0, 0.1) is 5.92 Å². The molecule has 202 valence electrons. The van der Waals surface area contributed by atoms with Crippen LogP contribution >= 0.6 is 11.6 Å². The van der Waals surface area contributed by atoms with E-state index < -0.39 is 28.8 Å². The number of amides is 2. The third-order valence-corrected chi connectivity index (χ3v) is 6.64. The molecule has 1 saturated carbocycles. The van der Waals surface area contributed by atoms with Gasteiger partial charge in [-0.2, -0.15) is 9.78 Å². The molecule has 0 bridgehead atoms. The molecule has 1 atom stereocenters. The molecule has 0 spiro atoms. The van der Waals surface area contributed by atoms with E-state index in [9.17, 15) is 14.4 Å². The van der Waals surface area contributed by atoms with Gasteiger partial charge < -0.3 is 10.5 Å². The fourth-order valence-corrected chi connectivity index (χ4v) is 5.11. The lowest BCUT2D eigenvalue weighted by molar-refractivity contribution is -0.118. The zero-order chi connectivity index (χ0) is 27.5. The predicted molar refractivity (Wildman–Crippen MR) is 141 cm³/mol. The number of aromatic nitrogens is 5. The number of carbonyl (C=O) groups excluding carboxylic acids is 2. The Morgan fingerprint density at radius 1 is 1.13 bits per heavy atom. The first-order chi connectivity index (χ1) is 18.0. The lowest BCUT2D eigenvalue weighted by Crippen LogP contribution is -2.61. The Morgan fingerprint density at radius 2 is 1.87 bits per heavy atom. The number of hydrogen-bond acceptors (Lipinski definition) is 7. The van der Waals surface area contributed by atoms with E-state index in [1.165, 1.54) is 27.7 Å². The van der Waals surface area contributed by atoms with Crippen molar-refractivity contribution in [1.82, 2.24) is 30.1 Å². The van der Waals surface area contributed by atoms with Crippen molar-refractivity contribution in [2.45, 2.75) is 70.7 Å². The van der Waals surface area contributed by atoms with Gasteiger partial charge in [0, 0.05) is 22.6 Å². The molecule has 2 amide bonds. The molecule has 12 heteroatoms. The van der Waals surface area contributed by atoms with E-state index in [-0.39, 0.29) is 12.5 Å². The molecule has 0 saturated heterocycles. The molecule has 3 N–H and O–H groups in total. The maximum Gasteiger partial charge on any atom is 0.409 e. The molecular weight excluding hydrogens is 510 g/mol. The predicted octanol–water partition coefficient (Wildman–Crippen LogP) is 3.45. The van der Waals surface area contributed by atoms with Crippen molar-refractivity contribution in [1.29, 1.82) is 0 Å². The van der Waals surface area contributed by atoms with E-state index in [0.29, 0.717) is 22.0 Å². The average Bonchev–Trinajstić information content (AvgIpc) is 3.30. The van der Waals surface area contributed by atoms with Gasteiger partial charge in [0.25, 0.3) is 5.56 Å². The fraction of sp³-hybridized carbons (Fsp3) is 0.462. The molecule has 3 aromatic rings. The SMILES string of the molecule is CC(C)(C)OC(=O)NC(c1cccc(Cl)c1)(C1CCCCC1)n1nc(-c2cn(CC(N)=O)nn2)ccc1=O. The first-order valence-electron chi connectivity index (χ1n) is 12.5. The van der Waals surface area contributed by atoms with Crippen LogP contribution in [0.4, 0.5) is 4.79 Å². The Balaban J connectivity index is 1.93. The summed E-state index contributed by atoms with van der Waals surface area (Å²) in [5, 5.41) is 16.2. The molecule has 4 rings (SSSR count). The largest absolute Gasteiger partial charge is 0.444 e. The minimum atomic E-state index is -1.40. The number of nitrogens with two attached hydrogens (primary N) is 1. The molecular formula is C26H32ClN7O4. The standard InChI is InChI=1S/C26H32ClN7O4/c1-25(2,3)38-24(37)29-26(17-8-5-4-6-9-17,18-10-7-11-19(27)14-18)34-23(36)13-12-20(31-34)21-15-33(32-30-21)16-22(28)35/h7,10-15,17H,4-6,8-9,16H2,1-3H3,(H2,28,35)(H,29,37). The maximum absolute atomic E-state index is 13.5. The number of carbonyl (C=O) groups is 2. The van der Waals surface area contributed by atoms with Crippen LogP contribution < -0.4 is 16.6 Å². The van der Waals surface area contributed by atoms with Crippen LogP contribution in [0.3, 0.4) is 0 Å². The Hall–Kier alpha value is -3.73.